The van der Waals surface area contributed by atoms with Crippen LogP contribution in [0.1, 0.15) is 5.56 Å². The van der Waals surface area contributed by atoms with Crippen LogP contribution in [0.5, 0.6) is 5.75 Å². The molecule has 1 atom stereocenters. The Morgan fingerprint density at radius 2 is 2.07 bits per heavy atom. The minimum Gasteiger partial charge on any atom is -0.496 e. The molecule has 140 valence electrons. The third kappa shape index (κ3) is 4.99. The van der Waals surface area contributed by atoms with Crippen molar-refractivity contribution in [3.05, 3.63) is 60.2 Å². The number of ether oxygens (including phenoxy) is 1. The van der Waals surface area contributed by atoms with E-state index in [1.807, 2.05) is 12.1 Å². The summed E-state index contributed by atoms with van der Waals surface area (Å²) in [6.07, 6.45) is 1.35. The van der Waals surface area contributed by atoms with Crippen molar-refractivity contribution in [2.45, 2.75) is 5.75 Å². The van der Waals surface area contributed by atoms with E-state index >= 15 is 0 Å². The van der Waals surface area contributed by atoms with Crippen molar-refractivity contribution in [3.63, 3.8) is 0 Å². The van der Waals surface area contributed by atoms with E-state index in [-0.39, 0.29) is 5.75 Å². The van der Waals surface area contributed by atoms with Crippen molar-refractivity contribution in [2.75, 3.05) is 12.4 Å². The number of halogens is 1. The molecule has 0 amide bonds. The number of aromatic nitrogens is 3. The Hall–Kier alpha value is -3.04. The van der Waals surface area contributed by atoms with Crippen LogP contribution in [0.2, 0.25) is 0 Å². The van der Waals surface area contributed by atoms with Crippen LogP contribution in [0.15, 0.2) is 48.8 Å². The lowest BCUT2D eigenvalue weighted by Gasteiger charge is -2.10. The molecule has 1 heterocycles. The van der Waals surface area contributed by atoms with Gasteiger partial charge in [-0.2, -0.15) is 4.98 Å². The number of rotatable bonds is 6. The average molecular weight is 387 g/mol. The Kier molecular flexibility index (Phi) is 5.33. The summed E-state index contributed by atoms with van der Waals surface area (Å²) in [5, 5.41) is 8.58. The fraction of sp³-hybridized carbons (Fsp3) is 0.111. The van der Waals surface area contributed by atoms with Crippen LogP contribution >= 0.6 is 0 Å². The minimum absolute atomic E-state index is 0.164. The van der Waals surface area contributed by atoms with Crippen molar-refractivity contribution in [1.29, 1.82) is 0 Å². The summed E-state index contributed by atoms with van der Waals surface area (Å²) >= 11 is 0. The molecule has 9 heteroatoms. The molecular weight excluding hydrogens is 369 g/mol. The van der Waals surface area contributed by atoms with E-state index in [1.165, 1.54) is 25.6 Å². The molecule has 0 bridgehead atoms. The van der Waals surface area contributed by atoms with Gasteiger partial charge in [0.05, 0.1) is 18.4 Å². The van der Waals surface area contributed by atoms with Crippen molar-refractivity contribution in [1.82, 2.24) is 15.0 Å². The third-order valence-corrected chi connectivity index (χ3v) is 4.39. The lowest BCUT2D eigenvalue weighted by molar-refractivity contribution is 0.412. The molecule has 3 aromatic rings. The van der Waals surface area contributed by atoms with Crippen molar-refractivity contribution in [2.24, 2.45) is 5.14 Å². The molecule has 0 spiro atoms. The Bertz CT molecular complexity index is 1070. The summed E-state index contributed by atoms with van der Waals surface area (Å²) in [6, 6.07) is 11.3. The summed E-state index contributed by atoms with van der Waals surface area (Å²) in [7, 11) is -1.19. The maximum Gasteiger partial charge on any atom is 0.230 e. The van der Waals surface area contributed by atoms with Crippen molar-refractivity contribution >= 4 is 27.2 Å². The monoisotopic (exact) mass is 387 g/mol. The molecule has 0 aliphatic rings. The Morgan fingerprint density at radius 1 is 1.26 bits per heavy atom. The van der Waals surface area contributed by atoms with E-state index in [2.05, 4.69) is 26.1 Å². The van der Waals surface area contributed by atoms with Crippen molar-refractivity contribution < 1.29 is 13.3 Å². The first-order chi connectivity index (χ1) is 12.8. The second-order valence-electron chi connectivity index (χ2n) is 5.82. The van der Waals surface area contributed by atoms with Crippen LogP contribution in [0.4, 0.5) is 16.0 Å². The third-order valence-electron chi connectivity index (χ3n) is 3.57. The molecule has 0 saturated heterocycles. The van der Waals surface area contributed by atoms with E-state index in [0.29, 0.717) is 28.8 Å². The van der Waals surface area contributed by atoms with E-state index in [1.54, 1.807) is 18.2 Å². The molecule has 0 aliphatic carbocycles. The van der Waals surface area contributed by atoms with Crippen LogP contribution in [0.3, 0.4) is 0 Å². The minimum atomic E-state index is -2.63. The molecule has 27 heavy (non-hydrogen) atoms. The molecule has 0 fully saturated rings. The maximum absolute atomic E-state index is 13.4. The first kappa shape index (κ1) is 18.7. The maximum atomic E-state index is 13.4. The summed E-state index contributed by atoms with van der Waals surface area (Å²) < 4.78 is 30.3. The summed E-state index contributed by atoms with van der Waals surface area (Å²) in [6.45, 7) is 0. The van der Waals surface area contributed by atoms with Gasteiger partial charge >= 0.3 is 0 Å². The molecule has 2 aromatic carbocycles. The summed E-state index contributed by atoms with van der Waals surface area (Å²) in [4.78, 5) is 12.6. The van der Waals surface area contributed by atoms with E-state index in [9.17, 15) is 8.60 Å². The van der Waals surface area contributed by atoms with Gasteiger partial charge in [-0.1, -0.05) is 12.1 Å². The number of nitrogens with zero attached hydrogens (tertiary/aromatic N) is 3. The zero-order chi connectivity index (χ0) is 19.4. The van der Waals surface area contributed by atoms with Crippen LogP contribution in [0, 0.1) is 5.82 Å². The lowest BCUT2D eigenvalue weighted by Crippen LogP contribution is -2.14. The van der Waals surface area contributed by atoms with Crippen LogP contribution in [0.25, 0.3) is 11.4 Å². The summed E-state index contributed by atoms with van der Waals surface area (Å²) in [5.74, 6) is 4.17. The largest absolute Gasteiger partial charge is 0.496 e. The van der Waals surface area contributed by atoms with Gasteiger partial charge in [0.25, 0.3) is 0 Å². The van der Waals surface area contributed by atoms with Gasteiger partial charge in [-0.15, -0.1) is 0 Å². The number of nitrogens with one attached hydrogen (secondary N) is 1. The highest BCUT2D eigenvalue weighted by Crippen LogP contribution is 2.28. The number of benzene rings is 2. The molecule has 1 aromatic heterocycles. The number of hydrogen-bond donors (Lipinski definition) is 2. The predicted octanol–water partition coefficient (Wildman–Crippen LogP) is 2.52. The highest BCUT2D eigenvalue weighted by atomic mass is 32.2. The Morgan fingerprint density at radius 3 is 2.81 bits per heavy atom. The average Bonchev–Trinajstić information content (AvgIpc) is 2.60. The Balaban J connectivity index is 1.88. The second kappa shape index (κ2) is 7.68. The van der Waals surface area contributed by atoms with Gasteiger partial charge in [-0.25, -0.2) is 14.4 Å². The van der Waals surface area contributed by atoms with Crippen molar-refractivity contribution in [3.8, 4) is 17.1 Å². The summed E-state index contributed by atoms with van der Waals surface area (Å²) in [5.41, 5.74) is 2.01. The zero-order valence-corrected chi connectivity index (χ0v) is 15.4. The SMILES string of the molecule is C=S(N)(=O)Cc1cccc(Nc2ncnc(-c3ccc(F)cc3OC)n2)c1. The molecule has 3 rings (SSSR count). The molecule has 7 nitrogen and oxygen atoms in total. The van der Waals surface area contributed by atoms with Gasteiger partial charge in [-0.05, 0) is 35.7 Å². The highest BCUT2D eigenvalue weighted by Gasteiger charge is 2.11. The molecule has 1 unspecified atom stereocenters. The van der Waals surface area contributed by atoms with Gasteiger partial charge in [0.15, 0.2) is 5.82 Å². The smallest absolute Gasteiger partial charge is 0.230 e. The van der Waals surface area contributed by atoms with Crippen LogP contribution in [-0.4, -0.2) is 32.1 Å². The number of methoxy groups -OCH3 is 1. The van der Waals surface area contributed by atoms with Crippen LogP contribution < -0.4 is 15.2 Å². The predicted molar refractivity (Wildman–Crippen MR) is 105 cm³/mol. The fourth-order valence-electron chi connectivity index (χ4n) is 2.49. The van der Waals surface area contributed by atoms with Crippen LogP contribution in [-0.2, 0) is 15.5 Å². The Labute approximate surface area is 156 Å². The molecule has 3 N–H and O–H groups in total. The molecule has 0 radical (unpaired) electrons. The quantitative estimate of drug-likeness (QED) is 0.630. The van der Waals surface area contributed by atoms with E-state index < -0.39 is 15.5 Å². The molecule has 0 saturated carbocycles. The van der Waals surface area contributed by atoms with Gasteiger partial charge in [0, 0.05) is 21.5 Å². The fourth-order valence-corrected chi connectivity index (χ4v) is 3.23. The molecule has 0 aliphatic heterocycles. The van der Waals surface area contributed by atoms with E-state index in [0.717, 1.165) is 5.56 Å². The topological polar surface area (TPSA) is 103 Å². The highest BCUT2D eigenvalue weighted by molar-refractivity contribution is 7.97. The molecular formula is C18H18FN5O2S. The zero-order valence-electron chi connectivity index (χ0n) is 14.6. The van der Waals surface area contributed by atoms with Gasteiger partial charge in [0.1, 0.15) is 17.9 Å². The standard InChI is InChI=1S/C18H18FN5O2S/c1-26-16-9-13(19)6-7-15(16)17-21-11-22-18(24-17)23-14-5-3-4-12(8-14)10-27(2,20)25/h3-9,11H,2,10H2,1H3,(H2,20,25)(H,21,22,23,24). The van der Waals surface area contributed by atoms with Gasteiger partial charge < -0.3 is 10.1 Å². The van der Waals surface area contributed by atoms with E-state index in [4.69, 9.17) is 9.88 Å². The van der Waals surface area contributed by atoms with Gasteiger partial charge in [-0.3, -0.25) is 9.35 Å². The first-order valence-electron chi connectivity index (χ1n) is 7.85. The number of nitrogens with two attached hydrogens (primary N) is 1. The number of anilines is 2. The van der Waals surface area contributed by atoms with Gasteiger partial charge in [0.2, 0.25) is 5.95 Å². The second-order valence-corrected chi connectivity index (χ2v) is 7.84. The number of hydrogen-bond acceptors (Lipinski definition) is 6. The normalized spacial score (nSPS) is 13.0. The first-order valence-corrected chi connectivity index (χ1v) is 9.81. The lowest BCUT2D eigenvalue weighted by atomic mass is 10.2.